The van der Waals surface area contributed by atoms with Gasteiger partial charge in [0, 0.05) is 37.7 Å². The van der Waals surface area contributed by atoms with Gasteiger partial charge in [-0.15, -0.1) is 0 Å². The van der Waals surface area contributed by atoms with Gasteiger partial charge in [-0.2, -0.15) is 5.10 Å². The van der Waals surface area contributed by atoms with E-state index in [1.54, 1.807) is 53.7 Å². The van der Waals surface area contributed by atoms with Gasteiger partial charge < -0.3 is 33.2 Å². The first kappa shape index (κ1) is 50.4. The Hall–Kier alpha value is -8.17. The molecule has 2 aliphatic rings. The van der Waals surface area contributed by atoms with Crippen molar-refractivity contribution >= 4 is 61.6 Å². The van der Waals surface area contributed by atoms with Gasteiger partial charge in [0.1, 0.15) is 23.0 Å². The van der Waals surface area contributed by atoms with Crippen molar-refractivity contribution in [2.24, 2.45) is 11.0 Å². The van der Waals surface area contributed by atoms with Gasteiger partial charge in [-0.25, -0.2) is 24.4 Å². The number of epoxide rings is 1. The molecule has 380 valence electrons. The van der Waals surface area contributed by atoms with Gasteiger partial charge in [0.15, 0.2) is 0 Å². The Balaban J connectivity index is 0.824. The van der Waals surface area contributed by atoms with Gasteiger partial charge in [-0.1, -0.05) is 96.8 Å². The van der Waals surface area contributed by atoms with Crippen molar-refractivity contribution in [2.75, 3.05) is 38.0 Å². The number of carbonyl (C=O) groups excluding carboxylic acids is 3. The highest BCUT2D eigenvalue weighted by Gasteiger charge is 2.43. The largest absolute Gasteiger partial charge is 0.493 e. The van der Waals surface area contributed by atoms with Gasteiger partial charge in [0.2, 0.25) is 5.13 Å². The lowest BCUT2D eigenvalue weighted by molar-refractivity contribution is -0.137. The highest BCUT2D eigenvalue weighted by Crippen LogP contribution is 2.39. The Labute approximate surface area is 438 Å². The quantitative estimate of drug-likeness (QED) is 0.0114. The fraction of sp³-hybridized carbons (Fsp3) is 0.230. The van der Waals surface area contributed by atoms with Gasteiger partial charge >= 0.3 is 17.9 Å². The normalized spacial score (nSPS) is 15.8. The van der Waals surface area contributed by atoms with Crippen molar-refractivity contribution < 1.29 is 47.5 Å². The number of hydrazone groups is 1. The molecule has 10 rings (SSSR count). The van der Waals surface area contributed by atoms with Gasteiger partial charge in [0.05, 0.1) is 66.1 Å². The number of nitrogens with zero attached hydrogens (tertiary/aromatic N) is 3. The van der Waals surface area contributed by atoms with E-state index in [9.17, 15) is 14.4 Å². The van der Waals surface area contributed by atoms with Crippen LogP contribution < -0.4 is 24.0 Å². The van der Waals surface area contributed by atoms with Crippen LogP contribution in [-0.4, -0.2) is 74.3 Å². The van der Waals surface area contributed by atoms with Crippen molar-refractivity contribution in [3.8, 4) is 34.1 Å². The molecule has 3 unspecified atom stereocenters. The molecule has 75 heavy (non-hydrogen) atoms. The first-order valence-corrected chi connectivity index (χ1v) is 25.9. The molecule has 14 heteroatoms. The number of esters is 3. The number of ether oxygens (including phenoxy) is 7. The van der Waals surface area contributed by atoms with Gasteiger partial charge in [-0.3, -0.25) is 0 Å². The van der Waals surface area contributed by atoms with Crippen LogP contribution >= 0.6 is 11.3 Å². The SMILES string of the molecule is C=CC(=O)OCCCOc1ccc(-c2ccc(C(=O)Oc3ccc(OC(=O)c4ccc5cc(OCCCOCC6CCC7OC7C6)ccc5c4)c(/C=N/N(Cc4ccccc4)c4nc5ccccc5s4)c3)cc2)cc1. The van der Waals surface area contributed by atoms with Gasteiger partial charge in [-0.05, 0) is 132 Å². The monoisotopic (exact) mass is 1020 g/mol. The molecule has 1 saturated heterocycles. The highest BCUT2D eigenvalue weighted by atomic mass is 32.1. The van der Waals surface area contributed by atoms with Crippen molar-refractivity contribution in [1.29, 1.82) is 0 Å². The minimum atomic E-state index is -0.576. The summed E-state index contributed by atoms with van der Waals surface area (Å²) in [5.41, 5.74) is 4.75. The predicted molar refractivity (Wildman–Crippen MR) is 290 cm³/mol. The van der Waals surface area contributed by atoms with E-state index in [-0.39, 0.29) is 18.1 Å². The van der Waals surface area contributed by atoms with Crippen LogP contribution in [0, 0.1) is 5.92 Å². The molecule has 3 atom stereocenters. The molecule has 1 aliphatic carbocycles. The summed E-state index contributed by atoms with van der Waals surface area (Å²) in [5, 5.41) is 9.16. The lowest BCUT2D eigenvalue weighted by Crippen LogP contribution is -2.19. The van der Waals surface area contributed by atoms with E-state index in [0.717, 1.165) is 75.4 Å². The van der Waals surface area contributed by atoms with Crippen LogP contribution in [0.2, 0.25) is 0 Å². The van der Waals surface area contributed by atoms with Crippen molar-refractivity contribution in [3.63, 3.8) is 0 Å². The number of carbonyl (C=O) groups is 3. The first-order chi connectivity index (χ1) is 36.8. The average Bonchev–Trinajstić information content (AvgIpc) is 4.10. The number of para-hydroxylation sites is 1. The topological polar surface area (TPSA) is 148 Å². The molecule has 7 aromatic carbocycles. The van der Waals surface area contributed by atoms with Crippen molar-refractivity contribution in [3.05, 3.63) is 193 Å². The molecule has 0 spiro atoms. The summed E-state index contributed by atoms with van der Waals surface area (Å²) in [5.74, 6) is 0.817. The number of thiazole rings is 1. The third kappa shape index (κ3) is 13.5. The number of hydrogen-bond donors (Lipinski definition) is 0. The van der Waals surface area contributed by atoms with Crippen molar-refractivity contribution in [2.45, 2.75) is 50.9 Å². The van der Waals surface area contributed by atoms with Crippen LogP contribution in [-0.2, 0) is 25.5 Å². The van der Waals surface area contributed by atoms with Crippen molar-refractivity contribution in [1.82, 2.24) is 4.98 Å². The molecule has 1 saturated carbocycles. The van der Waals surface area contributed by atoms with Crippen LogP contribution in [0.1, 0.15) is 63.9 Å². The minimum Gasteiger partial charge on any atom is -0.493 e. The summed E-state index contributed by atoms with van der Waals surface area (Å²) in [7, 11) is 0. The number of aromatic nitrogens is 1. The lowest BCUT2D eigenvalue weighted by Gasteiger charge is -2.18. The summed E-state index contributed by atoms with van der Waals surface area (Å²) in [6, 6.07) is 48.5. The second kappa shape index (κ2) is 24.2. The summed E-state index contributed by atoms with van der Waals surface area (Å²) in [6.45, 7) is 6.38. The second-order valence-electron chi connectivity index (χ2n) is 18.3. The summed E-state index contributed by atoms with van der Waals surface area (Å²) >= 11 is 1.51. The fourth-order valence-electron chi connectivity index (χ4n) is 8.83. The Bertz CT molecular complexity index is 3270. The molecule has 13 nitrogen and oxygen atoms in total. The molecular weight excluding hydrogens is 967 g/mol. The molecule has 1 aromatic heterocycles. The standard InChI is InChI=1S/C61H55N3O10S/c1-2-58(65)71-33-9-32-69-50-24-21-44(22-25-50)43-15-17-45(18-16-43)59(66)72-52-27-29-54(49(37-52)38-62-64(39-41-10-4-3-5-11-41)61-63-53-12-6-7-13-57(53)75-61)74-60(67)48-20-19-47-36-51(26-23-46(47)35-48)70-31-8-30-68-40-42-14-28-55-56(34-42)73-55/h2-7,10-13,15-27,29,35-38,42,55-56H,1,8-9,14,28,30-34,39-40H2/b62-38+. The molecular formula is C61H55N3O10S. The zero-order valence-electron chi connectivity index (χ0n) is 41.2. The first-order valence-electron chi connectivity index (χ1n) is 25.1. The third-order valence-electron chi connectivity index (χ3n) is 12.9. The van der Waals surface area contributed by atoms with E-state index in [4.69, 9.17) is 43.2 Å². The Kier molecular flexibility index (Phi) is 16.3. The number of anilines is 1. The molecule has 0 radical (unpaired) electrons. The Morgan fingerprint density at radius 3 is 2.17 bits per heavy atom. The van der Waals surface area contributed by atoms with Crippen LogP contribution in [0.5, 0.6) is 23.0 Å². The zero-order chi connectivity index (χ0) is 51.3. The van der Waals surface area contributed by atoms with E-state index >= 15 is 0 Å². The van der Waals surface area contributed by atoms with Crippen LogP contribution in [0.25, 0.3) is 32.1 Å². The van der Waals surface area contributed by atoms with E-state index in [1.807, 2.05) is 115 Å². The van der Waals surface area contributed by atoms with Crippen LogP contribution in [0.4, 0.5) is 5.13 Å². The Morgan fingerprint density at radius 1 is 0.680 bits per heavy atom. The van der Waals surface area contributed by atoms with Crippen LogP contribution in [0.15, 0.2) is 175 Å². The number of hydrogen-bond acceptors (Lipinski definition) is 14. The highest BCUT2D eigenvalue weighted by molar-refractivity contribution is 7.22. The molecule has 0 amide bonds. The van der Waals surface area contributed by atoms with E-state index in [2.05, 4.69) is 6.58 Å². The maximum Gasteiger partial charge on any atom is 0.343 e. The third-order valence-corrected chi connectivity index (χ3v) is 14.0. The minimum absolute atomic E-state index is 0.208. The molecule has 0 bridgehead atoms. The van der Waals surface area contributed by atoms with E-state index in [0.29, 0.717) is 78.5 Å². The summed E-state index contributed by atoms with van der Waals surface area (Å²) in [4.78, 5) is 43.8. The maximum absolute atomic E-state index is 14.0. The average molecular weight is 1020 g/mol. The lowest BCUT2D eigenvalue weighted by atomic mass is 9.90. The molecule has 0 N–H and O–H groups in total. The summed E-state index contributed by atoms with van der Waals surface area (Å²) in [6.07, 6.45) is 8.44. The van der Waals surface area contributed by atoms with E-state index in [1.165, 1.54) is 17.8 Å². The van der Waals surface area contributed by atoms with Gasteiger partial charge in [0.25, 0.3) is 0 Å². The molecule has 1 aliphatic heterocycles. The number of rotatable bonds is 23. The zero-order valence-corrected chi connectivity index (χ0v) is 42.0. The second-order valence-corrected chi connectivity index (χ2v) is 19.3. The Morgan fingerprint density at radius 2 is 1.37 bits per heavy atom. The molecule has 2 heterocycles. The maximum atomic E-state index is 14.0. The van der Waals surface area contributed by atoms with Crippen LogP contribution in [0.3, 0.4) is 0 Å². The smallest absolute Gasteiger partial charge is 0.343 e. The summed E-state index contributed by atoms with van der Waals surface area (Å²) < 4.78 is 41.5. The number of fused-ring (bicyclic) bond motifs is 3. The fourth-order valence-corrected chi connectivity index (χ4v) is 9.75. The molecule has 2 fully saturated rings. The molecule has 8 aromatic rings. The predicted octanol–water partition coefficient (Wildman–Crippen LogP) is 12.4. The van der Waals surface area contributed by atoms with E-state index < -0.39 is 17.9 Å². The number of benzene rings is 7.